The standard InChI is InChI=1S/C15H15FN2O2/c1-10-6-7-11(9-17-10)14(15(19)20-2)18-13-5-3-4-12(16)8-13/h3-9,14,18H,1-2H3. The first kappa shape index (κ1) is 14.0. The molecule has 5 heteroatoms. The predicted octanol–water partition coefficient (Wildman–Crippen LogP) is 2.86. The Morgan fingerprint density at radius 2 is 2.15 bits per heavy atom. The Hall–Kier alpha value is -2.43. The first-order valence-electron chi connectivity index (χ1n) is 6.12. The van der Waals surface area contributed by atoms with Gasteiger partial charge in [0.25, 0.3) is 0 Å². The molecule has 1 heterocycles. The lowest BCUT2D eigenvalue weighted by Crippen LogP contribution is -2.22. The maximum absolute atomic E-state index is 13.2. The summed E-state index contributed by atoms with van der Waals surface area (Å²) in [6.45, 7) is 1.86. The quantitative estimate of drug-likeness (QED) is 0.871. The van der Waals surface area contributed by atoms with Gasteiger partial charge in [0.15, 0.2) is 6.04 Å². The van der Waals surface area contributed by atoms with Crippen molar-refractivity contribution >= 4 is 11.7 Å². The van der Waals surface area contributed by atoms with Crippen molar-refractivity contribution in [1.29, 1.82) is 0 Å². The Labute approximate surface area is 116 Å². The molecule has 1 N–H and O–H groups in total. The average molecular weight is 274 g/mol. The zero-order valence-electron chi connectivity index (χ0n) is 11.3. The summed E-state index contributed by atoms with van der Waals surface area (Å²) >= 11 is 0. The third-order valence-corrected chi connectivity index (χ3v) is 2.84. The number of aryl methyl sites for hydroxylation is 1. The van der Waals surface area contributed by atoms with Gasteiger partial charge in [0.1, 0.15) is 5.82 Å². The Kier molecular flexibility index (Phi) is 4.30. The highest BCUT2D eigenvalue weighted by atomic mass is 19.1. The van der Waals surface area contributed by atoms with E-state index in [9.17, 15) is 9.18 Å². The second kappa shape index (κ2) is 6.14. The van der Waals surface area contributed by atoms with E-state index in [1.807, 2.05) is 6.92 Å². The third-order valence-electron chi connectivity index (χ3n) is 2.84. The van der Waals surface area contributed by atoms with Gasteiger partial charge in [-0.2, -0.15) is 0 Å². The summed E-state index contributed by atoms with van der Waals surface area (Å²) < 4.78 is 18.0. The number of carbonyl (C=O) groups is 1. The number of carbonyl (C=O) groups excluding carboxylic acids is 1. The number of nitrogens with zero attached hydrogens (tertiary/aromatic N) is 1. The number of hydrogen-bond donors (Lipinski definition) is 1. The molecule has 104 valence electrons. The van der Waals surface area contributed by atoms with Crippen LogP contribution in [-0.4, -0.2) is 18.1 Å². The van der Waals surface area contributed by atoms with Crippen LogP contribution in [0.3, 0.4) is 0 Å². The molecular formula is C15H15FN2O2. The first-order chi connectivity index (χ1) is 9.60. The second-order valence-electron chi connectivity index (χ2n) is 4.34. The summed E-state index contributed by atoms with van der Waals surface area (Å²) in [6, 6.07) is 8.77. The lowest BCUT2D eigenvalue weighted by atomic mass is 10.1. The maximum Gasteiger partial charge on any atom is 0.333 e. The number of aromatic nitrogens is 1. The van der Waals surface area contributed by atoms with Gasteiger partial charge < -0.3 is 10.1 Å². The molecule has 0 spiro atoms. The van der Waals surface area contributed by atoms with Crippen molar-refractivity contribution in [3.63, 3.8) is 0 Å². The fourth-order valence-corrected chi connectivity index (χ4v) is 1.79. The van der Waals surface area contributed by atoms with E-state index in [1.54, 1.807) is 30.5 Å². The molecule has 4 nitrogen and oxygen atoms in total. The van der Waals surface area contributed by atoms with E-state index in [-0.39, 0.29) is 5.82 Å². The van der Waals surface area contributed by atoms with Crippen LogP contribution in [0.15, 0.2) is 42.6 Å². The van der Waals surface area contributed by atoms with E-state index in [1.165, 1.54) is 19.2 Å². The molecule has 1 aromatic heterocycles. The molecule has 20 heavy (non-hydrogen) atoms. The molecule has 1 atom stereocenters. The summed E-state index contributed by atoms with van der Waals surface area (Å²) in [7, 11) is 1.31. The van der Waals surface area contributed by atoms with Crippen molar-refractivity contribution in [2.24, 2.45) is 0 Å². The molecular weight excluding hydrogens is 259 g/mol. The zero-order valence-corrected chi connectivity index (χ0v) is 11.3. The Morgan fingerprint density at radius 3 is 2.75 bits per heavy atom. The van der Waals surface area contributed by atoms with Gasteiger partial charge in [-0.1, -0.05) is 12.1 Å². The van der Waals surface area contributed by atoms with E-state index in [4.69, 9.17) is 4.74 Å². The van der Waals surface area contributed by atoms with E-state index >= 15 is 0 Å². The van der Waals surface area contributed by atoms with Crippen LogP contribution in [0.4, 0.5) is 10.1 Å². The van der Waals surface area contributed by atoms with Gasteiger partial charge in [-0.25, -0.2) is 9.18 Å². The van der Waals surface area contributed by atoms with Gasteiger partial charge in [-0.15, -0.1) is 0 Å². The van der Waals surface area contributed by atoms with Crippen molar-refractivity contribution in [2.45, 2.75) is 13.0 Å². The smallest absolute Gasteiger partial charge is 0.333 e. The Bertz CT molecular complexity index is 599. The number of hydrogen-bond acceptors (Lipinski definition) is 4. The molecule has 1 unspecified atom stereocenters. The summed E-state index contributed by atoms with van der Waals surface area (Å²) in [5.41, 5.74) is 2.01. The molecule has 0 radical (unpaired) electrons. The van der Waals surface area contributed by atoms with Crippen LogP contribution in [0.1, 0.15) is 17.3 Å². The molecule has 0 bridgehead atoms. The van der Waals surface area contributed by atoms with Crippen molar-refractivity contribution < 1.29 is 13.9 Å². The van der Waals surface area contributed by atoms with E-state index in [2.05, 4.69) is 10.3 Å². The largest absolute Gasteiger partial charge is 0.467 e. The van der Waals surface area contributed by atoms with E-state index in [0.717, 1.165) is 5.69 Å². The van der Waals surface area contributed by atoms with Crippen molar-refractivity contribution in [1.82, 2.24) is 4.98 Å². The highest BCUT2D eigenvalue weighted by Crippen LogP contribution is 2.21. The van der Waals surface area contributed by atoms with Gasteiger partial charge in [0.05, 0.1) is 7.11 Å². The Balaban J connectivity index is 2.28. The SMILES string of the molecule is COC(=O)C(Nc1cccc(F)c1)c1ccc(C)nc1. The minimum Gasteiger partial charge on any atom is -0.467 e. The number of esters is 1. The topological polar surface area (TPSA) is 51.2 Å². The van der Waals surface area contributed by atoms with Crippen molar-refractivity contribution in [2.75, 3.05) is 12.4 Å². The Morgan fingerprint density at radius 1 is 1.35 bits per heavy atom. The fourth-order valence-electron chi connectivity index (χ4n) is 1.79. The number of halogens is 1. The molecule has 0 fully saturated rings. The lowest BCUT2D eigenvalue weighted by molar-refractivity contribution is -0.141. The van der Waals surface area contributed by atoms with Gasteiger partial charge in [0.2, 0.25) is 0 Å². The number of nitrogens with one attached hydrogen (secondary N) is 1. The number of anilines is 1. The minimum atomic E-state index is -0.727. The molecule has 1 aromatic carbocycles. The van der Waals surface area contributed by atoms with Crippen LogP contribution >= 0.6 is 0 Å². The molecule has 0 aliphatic carbocycles. The average Bonchev–Trinajstić information content (AvgIpc) is 2.45. The van der Waals surface area contributed by atoms with E-state index in [0.29, 0.717) is 11.3 Å². The van der Waals surface area contributed by atoms with Crippen LogP contribution < -0.4 is 5.32 Å². The monoisotopic (exact) mass is 274 g/mol. The summed E-state index contributed by atoms with van der Waals surface area (Å²) in [6.07, 6.45) is 1.60. The molecule has 2 rings (SSSR count). The number of methoxy groups -OCH3 is 1. The number of ether oxygens (including phenoxy) is 1. The molecule has 0 aliphatic rings. The van der Waals surface area contributed by atoms with E-state index < -0.39 is 12.0 Å². The fraction of sp³-hybridized carbons (Fsp3) is 0.200. The van der Waals surface area contributed by atoms with Crippen molar-refractivity contribution in [3.8, 4) is 0 Å². The maximum atomic E-state index is 13.2. The third kappa shape index (κ3) is 3.32. The molecule has 0 saturated carbocycles. The lowest BCUT2D eigenvalue weighted by Gasteiger charge is -2.18. The van der Waals surface area contributed by atoms with Crippen LogP contribution in [0, 0.1) is 12.7 Å². The molecule has 2 aromatic rings. The van der Waals surface area contributed by atoms with Gasteiger partial charge in [0, 0.05) is 23.1 Å². The number of benzene rings is 1. The highest BCUT2D eigenvalue weighted by molar-refractivity contribution is 5.80. The predicted molar refractivity (Wildman–Crippen MR) is 73.8 cm³/mol. The summed E-state index contributed by atoms with van der Waals surface area (Å²) in [5, 5.41) is 2.95. The molecule has 0 amide bonds. The first-order valence-corrected chi connectivity index (χ1v) is 6.12. The number of pyridine rings is 1. The highest BCUT2D eigenvalue weighted by Gasteiger charge is 2.21. The number of rotatable bonds is 4. The normalized spacial score (nSPS) is 11.8. The zero-order chi connectivity index (χ0) is 14.5. The van der Waals surface area contributed by atoms with Crippen molar-refractivity contribution in [3.05, 3.63) is 59.7 Å². The van der Waals surface area contributed by atoms with Crippen LogP contribution in [0.25, 0.3) is 0 Å². The second-order valence-corrected chi connectivity index (χ2v) is 4.34. The van der Waals surface area contributed by atoms with Crippen LogP contribution in [0.5, 0.6) is 0 Å². The van der Waals surface area contributed by atoms with Gasteiger partial charge in [-0.3, -0.25) is 4.98 Å². The summed E-state index contributed by atoms with van der Waals surface area (Å²) in [5.74, 6) is -0.833. The molecule has 0 aliphatic heterocycles. The summed E-state index contributed by atoms with van der Waals surface area (Å²) in [4.78, 5) is 16.0. The van der Waals surface area contributed by atoms with Crippen LogP contribution in [-0.2, 0) is 9.53 Å². The van der Waals surface area contributed by atoms with Gasteiger partial charge in [-0.05, 0) is 31.2 Å². The van der Waals surface area contributed by atoms with Gasteiger partial charge >= 0.3 is 5.97 Å². The molecule has 0 saturated heterocycles. The van der Waals surface area contributed by atoms with Crippen LogP contribution in [0.2, 0.25) is 0 Å². The minimum absolute atomic E-state index is 0.374.